The number of aliphatic hydroxyl groups is 2. The third-order valence-electron chi connectivity index (χ3n) is 1.40. The third-order valence-corrected chi connectivity index (χ3v) is 1.40. The van der Waals surface area contributed by atoms with Gasteiger partial charge in [-0.1, -0.05) is 6.58 Å². The SMILES string of the molecule is C=CC[N+](C)(C)OCC(O)CO. The van der Waals surface area contributed by atoms with Gasteiger partial charge in [0.05, 0.1) is 20.7 Å². The minimum atomic E-state index is -0.799. The summed E-state index contributed by atoms with van der Waals surface area (Å²) in [7, 11) is 3.71. The van der Waals surface area contributed by atoms with Crippen molar-refractivity contribution >= 4 is 0 Å². The van der Waals surface area contributed by atoms with Gasteiger partial charge in [0.2, 0.25) is 0 Å². The molecule has 0 saturated heterocycles. The maximum Gasteiger partial charge on any atom is 0.134 e. The fourth-order valence-electron chi connectivity index (χ4n) is 0.704. The molecule has 72 valence electrons. The van der Waals surface area contributed by atoms with Crippen LogP contribution in [0.2, 0.25) is 0 Å². The quantitative estimate of drug-likeness (QED) is 0.327. The highest BCUT2D eigenvalue weighted by Crippen LogP contribution is 1.99. The fraction of sp³-hybridized carbons (Fsp3) is 0.750. The topological polar surface area (TPSA) is 49.7 Å². The van der Waals surface area contributed by atoms with Crippen molar-refractivity contribution in [1.29, 1.82) is 0 Å². The summed E-state index contributed by atoms with van der Waals surface area (Å²) in [6, 6.07) is 0. The molecule has 2 N–H and O–H groups in total. The van der Waals surface area contributed by atoms with Crippen molar-refractivity contribution in [2.24, 2.45) is 0 Å². The average molecular weight is 176 g/mol. The van der Waals surface area contributed by atoms with Crippen LogP contribution < -0.4 is 0 Å². The second-order valence-electron chi connectivity index (χ2n) is 3.18. The van der Waals surface area contributed by atoms with Crippen molar-refractivity contribution in [3.8, 4) is 0 Å². The monoisotopic (exact) mass is 176 g/mol. The van der Waals surface area contributed by atoms with E-state index in [1.54, 1.807) is 6.08 Å². The number of likely N-dealkylation sites (N-methyl/N-ethyl adjacent to an activating group) is 1. The van der Waals surface area contributed by atoms with Gasteiger partial charge in [0.1, 0.15) is 19.3 Å². The van der Waals surface area contributed by atoms with Gasteiger partial charge in [-0.05, 0) is 6.08 Å². The Morgan fingerprint density at radius 2 is 2.17 bits per heavy atom. The Morgan fingerprint density at radius 1 is 1.58 bits per heavy atom. The number of aliphatic hydroxyl groups excluding tert-OH is 2. The number of rotatable bonds is 6. The lowest BCUT2D eigenvalue weighted by molar-refractivity contribution is -1.07. The van der Waals surface area contributed by atoms with E-state index in [-0.39, 0.29) is 13.2 Å². The summed E-state index contributed by atoms with van der Waals surface area (Å²) >= 11 is 0. The molecule has 1 unspecified atom stereocenters. The smallest absolute Gasteiger partial charge is 0.134 e. The molecule has 0 saturated carbocycles. The summed E-state index contributed by atoms with van der Waals surface area (Å²) in [5.74, 6) is 0. The van der Waals surface area contributed by atoms with E-state index >= 15 is 0 Å². The average Bonchev–Trinajstić information content (AvgIpc) is 2.00. The standard InChI is InChI=1S/C8H18NO3/c1-4-5-9(2,3)12-7-8(11)6-10/h4,8,10-11H,1,5-7H2,2-3H3/q+1. The Balaban J connectivity index is 3.66. The van der Waals surface area contributed by atoms with Crippen molar-refractivity contribution in [2.75, 3.05) is 33.9 Å². The summed E-state index contributed by atoms with van der Waals surface area (Å²) in [4.78, 5) is 5.28. The second kappa shape index (κ2) is 5.27. The Hall–Kier alpha value is -0.420. The van der Waals surface area contributed by atoms with Gasteiger partial charge in [-0.25, -0.2) is 4.84 Å². The molecule has 4 heteroatoms. The zero-order chi connectivity index (χ0) is 9.61. The molecule has 1 atom stereocenters. The van der Waals surface area contributed by atoms with Crippen LogP contribution in [-0.2, 0) is 4.84 Å². The van der Waals surface area contributed by atoms with Crippen molar-refractivity contribution in [3.63, 3.8) is 0 Å². The van der Waals surface area contributed by atoms with E-state index in [9.17, 15) is 0 Å². The van der Waals surface area contributed by atoms with Crippen LogP contribution >= 0.6 is 0 Å². The normalized spacial score (nSPS) is 14.3. The van der Waals surface area contributed by atoms with Crippen LogP contribution in [0.5, 0.6) is 0 Å². The third kappa shape index (κ3) is 5.26. The first-order valence-electron chi connectivity index (χ1n) is 3.89. The van der Waals surface area contributed by atoms with Crippen LogP contribution in [0.3, 0.4) is 0 Å². The number of nitrogens with zero attached hydrogens (tertiary/aromatic N) is 1. The molecule has 0 rings (SSSR count). The second-order valence-corrected chi connectivity index (χ2v) is 3.18. The molecule has 0 amide bonds. The fourth-order valence-corrected chi connectivity index (χ4v) is 0.704. The van der Waals surface area contributed by atoms with Crippen molar-refractivity contribution in [3.05, 3.63) is 12.7 Å². The van der Waals surface area contributed by atoms with Crippen molar-refractivity contribution < 1.29 is 19.7 Å². The molecule has 4 nitrogen and oxygen atoms in total. The highest BCUT2D eigenvalue weighted by Gasteiger charge is 2.16. The van der Waals surface area contributed by atoms with Gasteiger partial charge in [-0.2, -0.15) is 4.65 Å². The molecule has 0 spiro atoms. The number of hydroxylamine groups is 3. The molecule has 0 heterocycles. The van der Waals surface area contributed by atoms with Crippen molar-refractivity contribution in [2.45, 2.75) is 6.10 Å². The summed E-state index contributed by atoms with van der Waals surface area (Å²) in [6.07, 6.45) is 0.943. The summed E-state index contributed by atoms with van der Waals surface area (Å²) < 4.78 is 0.306. The Kier molecular flexibility index (Phi) is 5.08. The molecule has 0 fully saturated rings. The molecular formula is C8H18NO3+. The van der Waals surface area contributed by atoms with Gasteiger partial charge in [-0.3, -0.25) is 0 Å². The minimum absolute atomic E-state index is 0.136. The lowest BCUT2D eigenvalue weighted by atomic mass is 10.4. The molecule has 0 aromatic rings. The largest absolute Gasteiger partial charge is 0.394 e. The Labute approximate surface area is 73.2 Å². The van der Waals surface area contributed by atoms with E-state index in [0.717, 1.165) is 0 Å². The van der Waals surface area contributed by atoms with Crippen molar-refractivity contribution in [1.82, 2.24) is 0 Å². The van der Waals surface area contributed by atoms with Crippen LogP contribution in [0, 0.1) is 0 Å². The molecular weight excluding hydrogens is 158 g/mol. The number of hydrogen-bond donors (Lipinski definition) is 2. The van der Waals surface area contributed by atoms with Gasteiger partial charge in [0, 0.05) is 0 Å². The number of hydrogen-bond acceptors (Lipinski definition) is 3. The first-order chi connectivity index (χ1) is 5.52. The van der Waals surface area contributed by atoms with Crippen LogP contribution in [0.15, 0.2) is 12.7 Å². The zero-order valence-electron chi connectivity index (χ0n) is 7.73. The van der Waals surface area contributed by atoms with Crippen LogP contribution in [-0.4, -0.2) is 54.8 Å². The highest BCUT2D eigenvalue weighted by molar-refractivity contribution is 4.62. The first kappa shape index (κ1) is 11.6. The van der Waals surface area contributed by atoms with Crippen LogP contribution in [0.1, 0.15) is 0 Å². The van der Waals surface area contributed by atoms with Gasteiger partial charge < -0.3 is 10.2 Å². The molecule has 0 aliphatic rings. The number of quaternary nitrogens is 1. The first-order valence-corrected chi connectivity index (χ1v) is 3.89. The predicted octanol–water partition coefficient (Wildman–Crippen LogP) is -0.466. The summed E-state index contributed by atoms with van der Waals surface area (Å²) in [5, 5.41) is 17.5. The van der Waals surface area contributed by atoms with E-state index in [2.05, 4.69) is 6.58 Å². The summed E-state index contributed by atoms with van der Waals surface area (Å²) in [5.41, 5.74) is 0. The van der Waals surface area contributed by atoms with Gasteiger partial charge >= 0.3 is 0 Å². The van der Waals surface area contributed by atoms with E-state index in [1.165, 1.54) is 0 Å². The van der Waals surface area contributed by atoms with E-state index in [1.807, 2.05) is 14.1 Å². The molecule has 0 aliphatic carbocycles. The van der Waals surface area contributed by atoms with Crippen LogP contribution in [0.4, 0.5) is 0 Å². The van der Waals surface area contributed by atoms with Gasteiger partial charge in [0.25, 0.3) is 0 Å². The summed E-state index contributed by atoms with van der Waals surface area (Å²) in [6.45, 7) is 4.12. The predicted molar refractivity (Wildman–Crippen MR) is 46.2 cm³/mol. The van der Waals surface area contributed by atoms with Gasteiger partial charge in [0.15, 0.2) is 0 Å². The molecule has 0 radical (unpaired) electrons. The highest BCUT2D eigenvalue weighted by atomic mass is 16.7. The minimum Gasteiger partial charge on any atom is -0.394 e. The maximum absolute atomic E-state index is 8.98. The molecule has 12 heavy (non-hydrogen) atoms. The molecule has 0 bridgehead atoms. The maximum atomic E-state index is 8.98. The Bertz CT molecular complexity index is 136. The van der Waals surface area contributed by atoms with E-state index in [0.29, 0.717) is 11.2 Å². The lowest BCUT2D eigenvalue weighted by Gasteiger charge is -2.26. The Morgan fingerprint density at radius 3 is 2.58 bits per heavy atom. The lowest BCUT2D eigenvalue weighted by Crippen LogP contribution is -2.42. The molecule has 0 aromatic carbocycles. The molecule has 0 aliphatic heterocycles. The van der Waals surface area contributed by atoms with Crippen LogP contribution in [0.25, 0.3) is 0 Å². The van der Waals surface area contributed by atoms with E-state index < -0.39 is 6.10 Å². The molecule has 0 aromatic heterocycles. The van der Waals surface area contributed by atoms with E-state index in [4.69, 9.17) is 15.1 Å². The zero-order valence-corrected chi connectivity index (χ0v) is 7.73. The van der Waals surface area contributed by atoms with Gasteiger partial charge in [-0.15, -0.1) is 0 Å².